The first-order chi connectivity index (χ1) is 9.48. The molecule has 1 aromatic rings. The highest BCUT2D eigenvalue weighted by atomic mass is 19.4. The Labute approximate surface area is 117 Å². The number of hydrogen-bond donors (Lipinski definition) is 1. The fourth-order valence-electron chi connectivity index (χ4n) is 3.78. The third-order valence-corrected chi connectivity index (χ3v) is 4.66. The summed E-state index contributed by atoms with van der Waals surface area (Å²) in [6.45, 7) is 3.38. The molecule has 0 radical (unpaired) electrons. The molecule has 1 aliphatic carbocycles. The molecule has 20 heavy (non-hydrogen) atoms. The molecule has 5 heteroatoms. The first kappa shape index (κ1) is 13.6. The molecule has 0 bridgehead atoms. The molecule has 0 aromatic heterocycles. The van der Waals surface area contributed by atoms with E-state index in [4.69, 9.17) is 0 Å². The monoisotopic (exact) mass is 284 g/mol. The van der Waals surface area contributed by atoms with Crippen molar-refractivity contribution < 1.29 is 13.2 Å². The summed E-state index contributed by atoms with van der Waals surface area (Å²) in [5, 5.41) is 3.07. The smallest absolute Gasteiger partial charge is 0.381 e. The molecule has 0 unspecified atom stereocenters. The van der Waals surface area contributed by atoms with E-state index in [0.29, 0.717) is 12.2 Å². The van der Waals surface area contributed by atoms with Gasteiger partial charge in [-0.1, -0.05) is 18.9 Å². The van der Waals surface area contributed by atoms with Gasteiger partial charge in [0, 0.05) is 13.1 Å². The van der Waals surface area contributed by atoms with Crippen LogP contribution in [0.2, 0.25) is 0 Å². The van der Waals surface area contributed by atoms with Crippen LogP contribution in [-0.4, -0.2) is 18.6 Å². The lowest BCUT2D eigenvalue weighted by molar-refractivity contribution is -0.137. The van der Waals surface area contributed by atoms with E-state index < -0.39 is 11.7 Å². The second kappa shape index (κ2) is 4.57. The van der Waals surface area contributed by atoms with Crippen LogP contribution >= 0.6 is 0 Å². The van der Waals surface area contributed by atoms with Crippen LogP contribution in [0.3, 0.4) is 0 Å². The standard InChI is InChI=1S/C15H19F3N2/c1-2-20-12-7-5-6-11(15(16,17)18)13(12)19-10-14(20)8-3-4-9-14/h5-7,19H,2-4,8-10H2,1H3. The maximum absolute atomic E-state index is 13.1. The van der Waals surface area contributed by atoms with E-state index in [-0.39, 0.29) is 11.2 Å². The molecule has 1 spiro atoms. The van der Waals surface area contributed by atoms with Crippen molar-refractivity contribution in [2.75, 3.05) is 23.3 Å². The highest BCUT2D eigenvalue weighted by molar-refractivity contribution is 5.77. The number of alkyl halides is 3. The molecule has 0 amide bonds. The van der Waals surface area contributed by atoms with E-state index in [1.807, 2.05) is 6.92 Å². The number of halogens is 3. The summed E-state index contributed by atoms with van der Waals surface area (Å²) in [4.78, 5) is 2.18. The number of rotatable bonds is 1. The summed E-state index contributed by atoms with van der Waals surface area (Å²) in [7, 11) is 0. The number of fused-ring (bicyclic) bond motifs is 1. The van der Waals surface area contributed by atoms with Crippen molar-refractivity contribution >= 4 is 11.4 Å². The van der Waals surface area contributed by atoms with Crippen LogP contribution in [0.1, 0.15) is 38.2 Å². The Bertz CT molecular complexity index is 504. The first-order valence-corrected chi connectivity index (χ1v) is 7.20. The molecule has 1 fully saturated rings. The van der Waals surface area contributed by atoms with Crippen molar-refractivity contribution in [1.29, 1.82) is 0 Å². The molecule has 2 nitrogen and oxygen atoms in total. The predicted octanol–water partition coefficient (Wildman–Crippen LogP) is 4.27. The van der Waals surface area contributed by atoms with Crippen LogP contribution in [-0.2, 0) is 6.18 Å². The number of benzene rings is 1. The first-order valence-electron chi connectivity index (χ1n) is 7.20. The van der Waals surface area contributed by atoms with Crippen LogP contribution in [0.4, 0.5) is 24.5 Å². The normalized spacial score (nSPS) is 20.9. The SMILES string of the molecule is CCN1c2cccc(C(F)(F)F)c2NCC12CCCC2. The summed E-state index contributed by atoms with van der Waals surface area (Å²) in [6, 6.07) is 4.48. The average molecular weight is 284 g/mol. The molecule has 1 N–H and O–H groups in total. The Hall–Kier alpha value is -1.39. The van der Waals surface area contributed by atoms with Crippen LogP contribution in [0.15, 0.2) is 18.2 Å². The third-order valence-electron chi connectivity index (χ3n) is 4.66. The number of nitrogens with zero attached hydrogens (tertiary/aromatic N) is 1. The van der Waals surface area contributed by atoms with E-state index in [1.54, 1.807) is 6.07 Å². The number of hydrogen-bond acceptors (Lipinski definition) is 2. The van der Waals surface area contributed by atoms with Gasteiger partial charge >= 0.3 is 6.18 Å². The van der Waals surface area contributed by atoms with E-state index in [9.17, 15) is 13.2 Å². The molecule has 1 aromatic carbocycles. The second-order valence-electron chi connectivity index (χ2n) is 5.73. The summed E-state index contributed by atoms with van der Waals surface area (Å²) in [5.74, 6) is 0. The van der Waals surface area contributed by atoms with Gasteiger partial charge in [-0.05, 0) is 31.9 Å². The molecule has 2 aliphatic rings. The number of anilines is 2. The van der Waals surface area contributed by atoms with Crippen LogP contribution in [0.25, 0.3) is 0 Å². The van der Waals surface area contributed by atoms with Crippen molar-refractivity contribution in [2.24, 2.45) is 0 Å². The van der Waals surface area contributed by atoms with Gasteiger partial charge in [-0.3, -0.25) is 0 Å². The molecule has 0 atom stereocenters. The van der Waals surface area contributed by atoms with Crippen molar-refractivity contribution in [1.82, 2.24) is 0 Å². The minimum Gasteiger partial charge on any atom is -0.381 e. The van der Waals surface area contributed by atoms with Gasteiger partial charge in [0.2, 0.25) is 0 Å². The van der Waals surface area contributed by atoms with Gasteiger partial charge in [-0.25, -0.2) is 0 Å². The van der Waals surface area contributed by atoms with Gasteiger partial charge in [0.25, 0.3) is 0 Å². The van der Waals surface area contributed by atoms with Gasteiger partial charge < -0.3 is 10.2 Å². The Balaban J connectivity index is 2.09. The zero-order valence-corrected chi connectivity index (χ0v) is 11.6. The lowest BCUT2D eigenvalue weighted by atomic mass is 9.90. The fourth-order valence-corrected chi connectivity index (χ4v) is 3.78. The van der Waals surface area contributed by atoms with E-state index in [0.717, 1.165) is 38.3 Å². The lowest BCUT2D eigenvalue weighted by Crippen LogP contribution is -2.54. The maximum atomic E-state index is 13.1. The molecule has 1 aliphatic heterocycles. The summed E-state index contributed by atoms with van der Waals surface area (Å²) in [5.41, 5.74) is 0.405. The Morgan fingerprint density at radius 2 is 1.95 bits per heavy atom. The van der Waals surface area contributed by atoms with Gasteiger partial charge in [0.1, 0.15) is 0 Å². The van der Waals surface area contributed by atoms with E-state index in [1.165, 1.54) is 6.07 Å². The van der Waals surface area contributed by atoms with Gasteiger partial charge in [0.05, 0.1) is 22.5 Å². The molecule has 3 rings (SSSR count). The second-order valence-corrected chi connectivity index (χ2v) is 5.73. The van der Waals surface area contributed by atoms with Crippen LogP contribution in [0, 0.1) is 0 Å². The topological polar surface area (TPSA) is 15.3 Å². The Morgan fingerprint density at radius 3 is 2.55 bits per heavy atom. The average Bonchev–Trinajstić information content (AvgIpc) is 2.86. The summed E-state index contributed by atoms with van der Waals surface area (Å²) < 4.78 is 39.4. The minimum atomic E-state index is -4.31. The van der Waals surface area contributed by atoms with Crippen molar-refractivity contribution in [3.8, 4) is 0 Å². The number of nitrogens with one attached hydrogen (secondary N) is 1. The summed E-state index contributed by atoms with van der Waals surface area (Å²) >= 11 is 0. The van der Waals surface area contributed by atoms with Crippen molar-refractivity contribution in [3.05, 3.63) is 23.8 Å². The minimum absolute atomic E-state index is 0.00592. The quantitative estimate of drug-likeness (QED) is 0.828. The van der Waals surface area contributed by atoms with Crippen molar-refractivity contribution in [2.45, 2.75) is 44.3 Å². The van der Waals surface area contributed by atoms with Gasteiger partial charge in [0.15, 0.2) is 0 Å². The molecule has 110 valence electrons. The lowest BCUT2D eigenvalue weighted by Gasteiger charge is -2.48. The number of likely N-dealkylation sites (N-methyl/N-ethyl adjacent to an activating group) is 1. The maximum Gasteiger partial charge on any atom is 0.418 e. The third kappa shape index (κ3) is 1.95. The van der Waals surface area contributed by atoms with E-state index >= 15 is 0 Å². The fraction of sp³-hybridized carbons (Fsp3) is 0.600. The summed E-state index contributed by atoms with van der Waals surface area (Å²) in [6.07, 6.45) is 0.129. The Morgan fingerprint density at radius 1 is 1.25 bits per heavy atom. The van der Waals surface area contributed by atoms with Gasteiger partial charge in [-0.2, -0.15) is 13.2 Å². The molecular weight excluding hydrogens is 265 g/mol. The Kier molecular flexibility index (Phi) is 3.10. The molecule has 1 heterocycles. The van der Waals surface area contributed by atoms with Crippen LogP contribution < -0.4 is 10.2 Å². The highest BCUT2D eigenvalue weighted by Crippen LogP contribution is 2.48. The largest absolute Gasteiger partial charge is 0.418 e. The predicted molar refractivity (Wildman–Crippen MR) is 74.2 cm³/mol. The zero-order valence-electron chi connectivity index (χ0n) is 11.6. The molecule has 1 saturated carbocycles. The molecular formula is C15H19F3N2. The number of para-hydroxylation sites is 1. The highest BCUT2D eigenvalue weighted by Gasteiger charge is 2.45. The zero-order chi connectivity index (χ0) is 14.4. The van der Waals surface area contributed by atoms with Crippen molar-refractivity contribution in [3.63, 3.8) is 0 Å². The van der Waals surface area contributed by atoms with Crippen LogP contribution in [0.5, 0.6) is 0 Å². The molecule has 0 saturated heterocycles. The van der Waals surface area contributed by atoms with E-state index in [2.05, 4.69) is 10.2 Å². The van der Waals surface area contributed by atoms with Gasteiger partial charge in [-0.15, -0.1) is 0 Å².